The molecule has 0 unspecified atom stereocenters. The van der Waals surface area contributed by atoms with Gasteiger partial charge in [-0.1, -0.05) is 11.8 Å². The molecule has 18 heavy (non-hydrogen) atoms. The van der Waals surface area contributed by atoms with Crippen LogP contribution in [-0.2, 0) is 4.74 Å². The Hall–Kier alpha value is -2.00. The molecule has 1 N–H and O–H groups in total. The number of amidine groups is 1. The largest absolute Gasteiger partial charge is 0.465 e. The lowest BCUT2D eigenvalue weighted by atomic mass is 10.1. The number of hydrogen-bond donors (Lipinski definition) is 1. The Morgan fingerprint density at radius 2 is 2.28 bits per heavy atom. The number of carbonyl (C=O) groups is 1. The van der Waals surface area contributed by atoms with Gasteiger partial charge < -0.3 is 4.74 Å². The predicted molar refractivity (Wildman–Crippen MR) is 71.9 cm³/mol. The number of carbonyl (C=O) groups excluding carboxylic acids is 1. The van der Waals surface area contributed by atoms with Crippen LogP contribution in [0.15, 0.2) is 23.2 Å². The van der Waals surface area contributed by atoms with Crippen LogP contribution < -0.4 is 5.32 Å². The smallest absolute Gasteiger partial charge is 0.337 e. The van der Waals surface area contributed by atoms with Crippen molar-refractivity contribution in [2.24, 2.45) is 4.99 Å². The normalized spacial score (nSPS) is 10.7. The highest BCUT2D eigenvalue weighted by Crippen LogP contribution is 2.21. The Bertz CT molecular complexity index is 521. The summed E-state index contributed by atoms with van der Waals surface area (Å²) in [6.45, 7) is 1.84. The van der Waals surface area contributed by atoms with Gasteiger partial charge in [-0.3, -0.25) is 5.32 Å². The Kier molecular flexibility index (Phi) is 5.21. The Labute approximate surface area is 110 Å². The zero-order valence-corrected chi connectivity index (χ0v) is 11.2. The van der Waals surface area contributed by atoms with Crippen molar-refractivity contribution < 1.29 is 9.53 Å². The van der Waals surface area contributed by atoms with Crippen LogP contribution in [0.3, 0.4) is 0 Å². The minimum absolute atomic E-state index is 0.381. The summed E-state index contributed by atoms with van der Waals surface area (Å²) in [6.07, 6.45) is 3.64. The van der Waals surface area contributed by atoms with Crippen molar-refractivity contribution in [2.75, 3.05) is 13.4 Å². The van der Waals surface area contributed by atoms with E-state index in [-0.39, 0.29) is 5.97 Å². The van der Waals surface area contributed by atoms with E-state index in [0.717, 1.165) is 5.56 Å². The average molecular weight is 263 g/mol. The number of benzene rings is 1. The van der Waals surface area contributed by atoms with Crippen LogP contribution in [0.1, 0.15) is 15.9 Å². The maximum atomic E-state index is 11.3. The Balaban J connectivity index is 3.06. The molecule has 0 fully saturated rings. The number of nitrogens with zero attached hydrogens (tertiary/aromatic N) is 2. The lowest BCUT2D eigenvalue weighted by Gasteiger charge is -2.05. The molecule has 6 heteroatoms. The molecule has 1 aromatic carbocycles. The fourth-order valence-corrected chi connectivity index (χ4v) is 1.64. The van der Waals surface area contributed by atoms with Gasteiger partial charge in [0.05, 0.1) is 18.4 Å². The molecule has 0 saturated carbocycles. The van der Waals surface area contributed by atoms with E-state index in [0.29, 0.717) is 16.4 Å². The van der Waals surface area contributed by atoms with Crippen LogP contribution >= 0.6 is 11.8 Å². The fraction of sp³-hybridized carbons (Fsp3) is 0.250. The summed E-state index contributed by atoms with van der Waals surface area (Å²) in [7, 11) is 1.34. The first-order chi connectivity index (χ1) is 8.62. The van der Waals surface area contributed by atoms with Crippen molar-refractivity contribution in [3.05, 3.63) is 29.3 Å². The summed E-state index contributed by atoms with van der Waals surface area (Å²) in [5.41, 5.74) is 2.02. The van der Waals surface area contributed by atoms with E-state index in [9.17, 15) is 4.79 Å². The van der Waals surface area contributed by atoms with E-state index >= 15 is 0 Å². The predicted octanol–water partition coefficient (Wildman–Crippen LogP) is 2.20. The van der Waals surface area contributed by atoms with Crippen molar-refractivity contribution in [3.63, 3.8) is 0 Å². The van der Waals surface area contributed by atoms with Crippen LogP contribution in [0.2, 0.25) is 0 Å². The molecule has 1 aromatic rings. The zero-order chi connectivity index (χ0) is 13.5. The molecule has 0 atom stereocenters. The number of aryl methyl sites for hydroxylation is 1. The van der Waals surface area contributed by atoms with Gasteiger partial charge in [-0.15, -0.1) is 0 Å². The van der Waals surface area contributed by atoms with Crippen molar-refractivity contribution >= 4 is 28.6 Å². The first-order valence-electron chi connectivity index (χ1n) is 5.09. The second-order valence-electron chi connectivity index (χ2n) is 3.35. The van der Waals surface area contributed by atoms with E-state index in [2.05, 4.69) is 15.0 Å². The lowest BCUT2D eigenvalue weighted by molar-refractivity contribution is 0.0600. The quantitative estimate of drug-likeness (QED) is 0.291. The third-order valence-electron chi connectivity index (χ3n) is 2.20. The van der Waals surface area contributed by atoms with Crippen molar-refractivity contribution in [1.82, 2.24) is 5.32 Å². The Morgan fingerprint density at radius 3 is 2.78 bits per heavy atom. The lowest BCUT2D eigenvalue weighted by Crippen LogP contribution is -2.12. The van der Waals surface area contributed by atoms with Crippen molar-refractivity contribution in [3.8, 4) is 6.19 Å². The van der Waals surface area contributed by atoms with Gasteiger partial charge in [-0.2, -0.15) is 5.26 Å². The second-order valence-corrected chi connectivity index (χ2v) is 4.15. The van der Waals surface area contributed by atoms with Gasteiger partial charge in [-0.05, 0) is 36.9 Å². The molecule has 0 amide bonds. The minimum Gasteiger partial charge on any atom is -0.465 e. The number of nitrogens with one attached hydrogen (secondary N) is 1. The number of nitriles is 1. The summed E-state index contributed by atoms with van der Waals surface area (Å²) in [5.74, 6) is -0.381. The molecule has 0 aliphatic carbocycles. The van der Waals surface area contributed by atoms with Gasteiger partial charge in [-0.25, -0.2) is 9.79 Å². The maximum Gasteiger partial charge on any atom is 0.337 e. The van der Waals surface area contributed by atoms with Gasteiger partial charge in [0.2, 0.25) is 0 Å². The number of methoxy groups -OCH3 is 1. The molecule has 1 rings (SSSR count). The van der Waals surface area contributed by atoms with Crippen LogP contribution in [0, 0.1) is 18.4 Å². The number of thioether (sulfide) groups is 1. The molecule has 0 aliphatic heterocycles. The number of esters is 1. The molecule has 0 saturated heterocycles. The number of hydrogen-bond acceptors (Lipinski definition) is 5. The van der Waals surface area contributed by atoms with Crippen LogP contribution in [0.4, 0.5) is 5.69 Å². The molecule has 0 bridgehead atoms. The summed E-state index contributed by atoms with van der Waals surface area (Å²) in [6, 6.07) is 5.06. The Morgan fingerprint density at radius 1 is 1.56 bits per heavy atom. The van der Waals surface area contributed by atoms with Gasteiger partial charge in [0.25, 0.3) is 0 Å². The van der Waals surface area contributed by atoms with Gasteiger partial charge in [0, 0.05) is 0 Å². The molecule has 0 aromatic heterocycles. The highest BCUT2D eigenvalue weighted by Gasteiger charge is 2.07. The fourth-order valence-electron chi connectivity index (χ4n) is 1.31. The number of rotatable bonds is 2. The number of ether oxygens (including phenoxy) is 1. The first-order valence-corrected chi connectivity index (χ1v) is 6.31. The van der Waals surface area contributed by atoms with Gasteiger partial charge >= 0.3 is 5.97 Å². The third kappa shape index (κ3) is 3.50. The minimum atomic E-state index is -0.381. The topological polar surface area (TPSA) is 74.5 Å². The third-order valence-corrected chi connectivity index (χ3v) is 2.78. The van der Waals surface area contributed by atoms with E-state index in [1.54, 1.807) is 18.2 Å². The zero-order valence-electron chi connectivity index (χ0n) is 10.4. The van der Waals surface area contributed by atoms with Crippen molar-refractivity contribution in [2.45, 2.75) is 6.92 Å². The maximum absolute atomic E-state index is 11.3. The molecule has 94 valence electrons. The van der Waals surface area contributed by atoms with Crippen LogP contribution in [0.25, 0.3) is 0 Å². The second kappa shape index (κ2) is 6.67. The highest BCUT2D eigenvalue weighted by molar-refractivity contribution is 8.13. The van der Waals surface area contributed by atoms with E-state index in [4.69, 9.17) is 5.26 Å². The SMILES string of the molecule is COC(=O)c1ccc(N=C(NC#N)SC)c(C)c1. The van der Waals surface area contributed by atoms with E-state index < -0.39 is 0 Å². The molecule has 0 spiro atoms. The van der Waals surface area contributed by atoms with Crippen LogP contribution in [-0.4, -0.2) is 24.5 Å². The summed E-state index contributed by atoms with van der Waals surface area (Å²) >= 11 is 1.34. The average Bonchev–Trinajstić information content (AvgIpc) is 2.39. The highest BCUT2D eigenvalue weighted by atomic mass is 32.2. The monoisotopic (exact) mass is 263 g/mol. The summed E-state index contributed by atoms with van der Waals surface area (Å²) in [5, 5.41) is 11.5. The molecule has 0 heterocycles. The van der Waals surface area contributed by atoms with Crippen LogP contribution in [0.5, 0.6) is 0 Å². The molecule has 0 radical (unpaired) electrons. The summed E-state index contributed by atoms with van der Waals surface area (Å²) < 4.78 is 4.64. The standard InChI is InChI=1S/C12H13N3O2S/c1-8-6-9(11(16)17-2)4-5-10(8)15-12(18-3)14-7-13/h4-6H,1-3H3,(H,14,15). The van der Waals surface area contributed by atoms with Gasteiger partial charge in [0.15, 0.2) is 11.4 Å². The van der Waals surface area contributed by atoms with Crippen molar-refractivity contribution in [1.29, 1.82) is 5.26 Å². The number of aliphatic imine (C=N–C) groups is 1. The molecule has 0 aliphatic rings. The molecular formula is C12H13N3O2S. The van der Waals surface area contributed by atoms with Gasteiger partial charge in [0.1, 0.15) is 0 Å². The van der Waals surface area contributed by atoms with E-state index in [1.165, 1.54) is 18.9 Å². The molecular weight excluding hydrogens is 250 g/mol. The summed E-state index contributed by atoms with van der Waals surface area (Å²) in [4.78, 5) is 15.6. The van der Waals surface area contributed by atoms with E-state index in [1.807, 2.05) is 19.4 Å². The molecule has 5 nitrogen and oxygen atoms in total. The first kappa shape index (κ1) is 14.1.